The molecule has 0 spiro atoms. The van der Waals surface area contributed by atoms with Crippen LogP contribution in [0.1, 0.15) is 33.1 Å². The predicted octanol–water partition coefficient (Wildman–Crippen LogP) is 1.74. The van der Waals surface area contributed by atoms with Gasteiger partial charge in [-0.3, -0.25) is 4.21 Å². The summed E-state index contributed by atoms with van der Waals surface area (Å²) in [6.45, 7) is 4.58. The summed E-state index contributed by atoms with van der Waals surface area (Å²) in [6, 6.07) is 2.18. The van der Waals surface area contributed by atoms with Crippen LogP contribution >= 0.6 is 0 Å². The van der Waals surface area contributed by atoms with Gasteiger partial charge in [-0.1, -0.05) is 0 Å². The molecule has 0 N–H and O–H groups in total. The Kier molecular flexibility index (Phi) is 6.06. The molecule has 1 rings (SSSR count). The maximum Gasteiger partial charge on any atom is 0.158 e. The lowest BCUT2D eigenvalue weighted by Crippen LogP contribution is -2.43. The quantitative estimate of drug-likeness (QED) is 0.775. The summed E-state index contributed by atoms with van der Waals surface area (Å²) in [4.78, 5) is 0. The largest absolute Gasteiger partial charge is 0.353 e. The number of nitriles is 1. The van der Waals surface area contributed by atoms with E-state index in [1.165, 1.54) is 0 Å². The Hall–Kier alpha value is -0.640. The molecule has 1 saturated heterocycles. The Labute approximate surface area is 111 Å². The second-order valence-electron chi connectivity index (χ2n) is 4.84. The lowest BCUT2D eigenvalue weighted by atomic mass is 9.91. The standard InChI is InChI=1S/C12H22N2O3S/c1-10(8-13)12(2,9-14-18(3)15)17-11-6-4-5-7-16-11/h10-11,18H,4-7,9H2,1-3H3. The van der Waals surface area contributed by atoms with E-state index in [1.807, 2.05) is 6.92 Å². The van der Waals surface area contributed by atoms with Crippen LogP contribution in [-0.2, 0) is 20.1 Å². The number of ether oxygens (including phenoxy) is 2. The zero-order chi connectivity index (χ0) is 13.6. The Morgan fingerprint density at radius 3 is 2.89 bits per heavy atom. The van der Waals surface area contributed by atoms with E-state index in [0.29, 0.717) is 6.61 Å². The van der Waals surface area contributed by atoms with Gasteiger partial charge in [0.1, 0.15) is 5.60 Å². The molecular weight excluding hydrogens is 252 g/mol. The van der Waals surface area contributed by atoms with Crippen molar-refractivity contribution in [2.24, 2.45) is 10.3 Å². The molecule has 0 aromatic heterocycles. The van der Waals surface area contributed by atoms with Crippen LogP contribution in [0.25, 0.3) is 0 Å². The van der Waals surface area contributed by atoms with Crippen LogP contribution in [0.15, 0.2) is 4.36 Å². The van der Waals surface area contributed by atoms with Gasteiger partial charge in [-0.05, 0) is 33.1 Å². The Morgan fingerprint density at radius 1 is 1.67 bits per heavy atom. The first-order valence-electron chi connectivity index (χ1n) is 6.25. The third-order valence-electron chi connectivity index (χ3n) is 3.23. The molecule has 0 amide bonds. The number of hydrogen-bond donors (Lipinski definition) is 1. The van der Waals surface area contributed by atoms with Crippen LogP contribution in [0.4, 0.5) is 0 Å². The normalized spacial score (nSPS) is 27.1. The van der Waals surface area contributed by atoms with E-state index >= 15 is 0 Å². The van der Waals surface area contributed by atoms with E-state index in [2.05, 4.69) is 10.4 Å². The van der Waals surface area contributed by atoms with Crippen molar-refractivity contribution in [1.29, 1.82) is 5.26 Å². The predicted molar refractivity (Wildman–Crippen MR) is 70.6 cm³/mol. The molecule has 1 aliphatic heterocycles. The van der Waals surface area contributed by atoms with Gasteiger partial charge < -0.3 is 9.47 Å². The summed E-state index contributed by atoms with van der Waals surface area (Å²) in [5, 5.41) is 9.08. The highest BCUT2D eigenvalue weighted by molar-refractivity contribution is 7.74. The van der Waals surface area contributed by atoms with E-state index in [1.54, 1.807) is 13.2 Å². The molecule has 1 aliphatic rings. The first-order chi connectivity index (χ1) is 8.48. The molecule has 1 fully saturated rings. The molecule has 0 bridgehead atoms. The summed E-state index contributed by atoms with van der Waals surface area (Å²) in [5.41, 5.74) is -0.738. The lowest BCUT2D eigenvalue weighted by molar-refractivity contribution is -0.225. The van der Waals surface area contributed by atoms with E-state index < -0.39 is 16.2 Å². The highest BCUT2D eigenvalue weighted by atomic mass is 32.2. The van der Waals surface area contributed by atoms with Gasteiger partial charge in [0.2, 0.25) is 0 Å². The van der Waals surface area contributed by atoms with Crippen molar-refractivity contribution in [1.82, 2.24) is 0 Å². The van der Waals surface area contributed by atoms with Crippen molar-refractivity contribution < 1.29 is 13.7 Å². The molecule has 104 valence electrons. The van der Waals surface area contributed by atoms with Gasteiger partial charge in [0.25, 0.3) is 0 Å². The summed E-state index contributed by atoms with van der Waals surface area (Å²) < 4.78 is 26.6. The minimum Gasteiger partial charge on any atom is -0.353 e. The number of nitrogens with zero attached hydrogens (tertiary/aromatic N) is 2. The van der Waals surface area contributed by atoms with E-state index in [9.17, 15) is 4.21 Å². The summed E-state index contributed by atoms with van der Waals surface area (Å²) in [7, 11) is -1.57. The molecule has 5 nitrogen and oxygen atoms in total. The van der Waals surface area contributed by atoms with Gasteiger partial charge >= 0.3 is 0 Å². The van der Waals surface area contributed by atoms with Gasteiger partial charge in [-0.2, -0.15) is 5.26 Å². The average Bonchev–Trinajstić information content (AvgIpc) is 2.36. The maximum atomic E-state index is 11.1. The number of hydrogen-bond acceptors (Lipinski definition) is 5. The minimum absolute atomic E-state index is 0.257. The maximum absolute atomic E-state index is 11.1. The first kappa shape index (κ1) is 15.4. The van der Waals surface area contributed by atoms with Crippen molar-refractivity contribution in [3.8, 4) is 6.07 Å². The molecule has 0 radical (unpaired) electrons. The zero-order valence-electron chi connectivity index (χ0n) is 11.3. The molecule has 4 atom stereocenters. The van der Waals surface area contributed by atoms with E-state index in [-0.39, 0.29) is 18.8 Å². The highest BCUT2D eigenvalue weighted by Gasteiger charge is 2.36. The zero-order valence-corrected chi connectivity index (χ0v) is 12.2. The summed E-state index contributed by atoms with van der Waals surface area (Å²) in [6.07, 6.45) is 4.23. The number of rotatable bonds is 5. The van der Waals surface area contributed by atoms with Crippen LogP contribution < -0.4 is 0 Å². The van der Waals surface area contributed by atoms with Crippen molar-refractivity contribution in [3.63, 3.8) is 0 Å². The van der Waals surface area contributed by atoms with Crippen LogP contribution in [0.3, 0.4) is 0 Å². The molecule has 6 heteroatoms. The van der Waals surface area contributed by atoms with Crippen LogP contribution in [-0.4, -0.2) is 35.5 Å². The highest BCUT2D eigenvalue weighted by Crippen LogP contribution is 2.27. The SMILES string of the molecule is CC(C#N)C(C)(C/N=[SH](/C)=O)OC1CCCCO1. The second-order valence-corrected chi connectivity index (χ2v) is 6.05. The third-order valence-corrected chi connectivity index (χ3v) is 3.77. The van der Waals surface area contributed by atoms with Crippen molar-refractivity contribution in [3.05, 3.63) is 0 Å². The van der Waals surface area contributed by atoms with Gasteiger partial charge in [-0.15, -0.1) is 0 Å². The van der Waals surface area contributed by atoms with Crippen LogP contribution in [0, 0.1) is 17.2 Å². The second kappa shape index (κ2) is 7.07. The van der Waals surface area contributed by atoms with Crippen molar-refractivity contribution in [2.45, 2.75) is 45.0 Å². The monoisotopic (exact) mass is 274 g/mol. The molecular formula is C12H22N2O3S. The average molecular weight is 274 g/mol. The molecule has 0 aromatic rings. The van der Waals surface area contributed by atoms with Gasteiger partial charge in [0.05, 0.1) is 18.5 Å². The number of thiol groups is 1. The van der Waals surface area contributed by atoms with E-state index in [4.69, 9.17) is 14.7 Å². The van der Waals surface area contributed by atoms with E-state index in [0.717, 1.165) is 19.3 Å². The Morgan fingerprint density at radius 2 is 2.39 bits per heavy atom. The molecule has 18 heavy (non-hydrogen) atoms. The fourth-order valence-electron chi connectivity index (χ4n) is 1.76. The Balaban J connectivity index is 2.73. The summed E-state index contributed by atoms with van der Waals surface area (Å²) >= 11 is 0. The van der Waals surface area contributed by atoms with Gasteiger partial charge in [-0.25, -0.2) is 4.36 Å². The Bertz CT molecular complexity index is 381. The fourth-order valence-corrected chi connectivity index (χ4v) is 2.24. The van der Waals surface area contributed by atoms with Gasteiger partial charge in [0, 0.05) is 23.5 Å². The lowest BCUT2D eigenvalue weighted by Gasteiger charge is -2.36. The molecule has 0 aliphatic carbocycles. The van der Waals surface area contributed by atoms with Crippen LogP contribution in [0.5, 0.6) is 0 Å². The molecule has 1 heterocycles. The minimum atomic E-state index is -1.57. The molecule has 4 unspecified atom stereocenters. The smallest absolute Gasteiger partial charge is 0.158 e. The first-order valence-corrected chi connectivity index (χ1v) is 7.91. The topological polar surface area (TPSA) is 71.7 Å². The van der Waals surface area contributed by atoms with Crippen LogP contribution in [0.2, 0.25) is 0 Å². The fraction of sp³-hybridized carbons (Fsp3) is 0.917. The van der Waals surface area contributed by atoms with Gasteiger partial charge in [0.15, 0.2) is 6.29 Å². The molecule has 0 saturated carbocycles. The molecule has 0 aromatic carbocycles. The third kappa shape index (κ3) is 4.56. The summed E-state index contributed by atoms with van der Waals surface area (Å²) in [5.74, 6) is -0.332. The van der Waals surface area contributed by atoms with Crippen molar-refractivity contribution >= 4 is 10.6 Å². The van der Waals surface area contributed by atoms with Crippen molar-refractivity contribution in [2.75, 3.05) is 19.4 Å².